The summed E-state index contributed by atoms with van der Waals surface area (Å²) in [5.74, 6) is -8.19. The van der Waals surface area contributed by atoms with E-state index in [1.54, 1.807) is 26.8 Å². The zero-order chi connectivity index (χ0) is 42.2. The van der Waals surface area contributed by atoms with Gasteiger partial charge in [-0.1, -0.05) is 223 Å². The van der Waals surface area contributed by atoms with Crippen LogP contribution in [0.3, 0.4) is 0 Å². The molecule has 0 aromatic heterocycles. The van der Waals surface area contributed by atoms with Crippen LogP contribution in [0.15, 0.2) is 36.0 Å². The third kappa shape index (κ3) is 36.2. The van der Waals surface area contributed by atoms with Gasteiger partial charge in [-0.2, -0.15) is 0 Å². The molecule has 4 rings (SSSR count). The molecule has 2 bridgehead atoms. The van der Waals surface area contributed by atoms with Crippen molar-refractivity contribution >= 4 is 23.4 Å². The second-order valence-electron chi connectivity index (χ2n) is 17.4. The van der Waals surface area contributed by atoms with Crippen molar-refractivity contribution in [1.82, 2.24) is 4.90 Å². The van der Waals surface area contributed by atoms with Crippen molar-refractivity contribution in [3.05, 3.63) is 36.0 Å². The molecule has 0 aromatic carbocycles. The summed E-state index contributed by atoms with van der Waals surface area (Å²) < 4.78 is 24.2. The van der Waals surface area contributed by atoms with E-state index in [2.05, 4.69) is 6.58 Å². The van der Waals surface area contributed by atoms with Gasteiger partial charge < -0.3 is 49.7 Å². The average Bonchev–Trinajstić information content (AvgIpc) is 3.18. The van der Waals surface area contributed by atoms with E-state index in [4.69, 9.17) is 18.9 Å². The molecule has 14 heteroatoms. The highest BCUT2D eigenvalue weighted by Crippen LogP contribution is 2.39. The molecule has 6 N–H and O–H groups in total. The van der Waals surface area contributed by atoms with Crippen molar-refractivity contribution in [3.63, 3.8) is 0 Å². The number of carbonyl (C=O) groups is 4. The molecule has 1 amide bonds. The molecule has 3 aliphatic heterocycles. The second-order valence-corrected chi connectivity index (χ2v) is 17.4. The molecule has 0 unspecified atom stereocenters. The number of hydrogen-bond donors (Lipinski definition) is 4. The van der Waals surface area contributed by atoms with Crippen LogP contribution in [0, 0.1) is 35.5 Å². The summed E-state index contributed by atoms with van der Waals surface area (Å²) in [7, 11) is 3.04. The minimum Gasteiger partial charge on any atom is -0.456 e. The first kappa shape index (κ1) is 148. The molecular formula is C68H167NO13. The van der Waals surface area contributed by atoms with Crippen LogP contribution in [-0.2, 0) is 38.1 Å². The molecular weight excluding hydrogens is 1040 g/mol. The Balaban J connectivity index is -0.0000000720. The van der Waals surface area contributed by atoms with Gasteiger partial charge in [-0.15, -0.1) is 6.58 Å². The standard InChI is InChI=1S/C44H69NO12.24CH4.H2O/c1-9-12-31-18-25(2)17-26(3)19-37(54-7)40-38(55-8)21-28(5)44(53,57-40)41(50)42(51)45-16-11-10-13-33(45)43(52)56-39(29(6)35(48)23-36(31)49)27(4)20-30-14-15-34(47)32(22-30)24-46;;;;;;;;;;;;;;;;;;;;;;;;;/h9,18,20,26,28-35,37-40,46-48,53H,1,10-17,19,21-24H2,2-8H3;24*1H4;1H2/b25-18+,27-20+;;;;;;;;;;;;;;;;;;;;;;;;;/t26-,28+,29+,30-,31+,32-,33-,34+,35-,37-,38-,39+,40+,44+;;;;;;;;;;;;;;;;;;;;;;;;;/m0........................./s1. The van der Waals surface area contributed by atoms with E-state index >= 15 is 0 Å². The number of esters is 1. The summed E-state index contributed by atoms with van der Waals surface area (Å²) in [5.41, 5.74) is 1.58. The van der Waals surface area contributed by atoms with Crippen molar-refractivity contribution in [2.75, 3.05) is 27.4 Å². The second kappa shape index (κ2) is 67.3. The van der Waals surface area contributed by atoms with Crippen LogP contribution in [0.1, 0.15) is 283 Å². The highest BCUT2D eigenvalue weighted by Gasteiger charge is 2.56. The number of piperidine rings is 1. The number of Topliss-reactive ketones (excluding diaryl/α,β-unsaturated/α-hetero) is 2. The van der Waals surface area contributed by atoms with E-state index in [-0.39, 0.29) is 240 Å². The number of ketones is 2. The Morgan fingerprint density at radius 3 is 1.63 bits per heavy atom. The van der Waals surface area contributed by atoms with Crippen molar-refractivity contribution in [3.8, 4) is 0 Å². The average molecular weight is 1210 g/mol. The topological polar surface area (TPSA) is 221 Å². The Hall–Kier alpha value is -2.82. The number of hydrogen-bond acceptors (Lipinski definition) is 12. The maximum Gasteiger partial charge on any atom is 0.329 e. The number of methoxy groups -OCH3 is 2. The van der Waals surface area contributed by atoms with E-state index in [1.165, 1.54) is 19.1 Å². The lowest BCUT2D eigenvalue weighted by molar-refractivity contribution is -0.302. The fourth-order valence-electron chi connectivity index (χ4n) is 9.51. The van der Waals surface area contributed by atoms with E-state index < -0.39 is 83.9 Å². The predicted molar refractivity (Wildman–Crippen MR) is 378 cm³/mol. The van der Waals surface area contributed by atoms with E-state index in [0.29, 0.717) is 56.9 Å². The number of carbonyl (C=O) groups excluding carboxylic acids is 4. The summed E-state index contributed by atoms with van der Waals surface area (Å²) in [6.45, 7) is 12.9. The predicted octanol–water partition coefficient (Wildman–Crippen LogP) is 18.7. The SMILES string of the molecule is C.C.C.C.C.C.C.C.C.C.C.C.C.C.C.C.C.C.C.C.C.C.C.C.C=CC[C@@H]1/C=C(\C)C[C@H](C)C[C@H](OC)[C@H]2O[C@@](O)(C(=O)C(=O)N3CCCC[C@H]3C(=O)O[C@H](/C(C)=C/[C@@H]3CC[C@@H](O)[C@H](CO)C3)[C@H](C)[C@@H](O)CC1=O)[C@H](C)C[C@@H]2OC.O. The number of aliphatic hydroxyl groups is 4. The van der Waals surface area contributed by atoms with Crippen LogP contribution in [0.4, 0.5) is 0 Å². The van der Waals surface area contributed by atoms with Crippen LogP contribution in [0.5, 0.6) is 0 Å². The van der Waals surface area contributed by atoms with Gasteiger partial charge in [0, 0.05) is 57.5 Å². The Kier molecular flexibility index (Phi) is 121. The molecule has 14 atom stereocenters. The molecule has 1 aliphatic carbocycles. The van der Waals surface area contributed by atoms with E-state index in [0.717, 1.165) is 5.57 Å². The maximum absolute atomic E-state index is 14.3. The van der Waals surface area contributed by atoms with Crippen LogP contribution < -0.4 is 0 Å². The largest absolute Gasteiger partial charge is 0.456 e. The monoisotopic (exact) mass is 1210 g/mol. The number of cyclic esters (lactones) is 1. The van der Waals surface area contributed by atoms with Gasteiger partial charge in [-0.25, -0.2) is 4.79 Å². The highest BCUT2D eigenvalue weighted by molar-refractivity contribution is 6.39. The van der Waals surface area contributed by atoms with E-state index in [9.17, 15) is 39.6 Å². The van der Waals surface area contributed by atoms with Gasteiger partial charge in [0.2, 0.25) is 5.79 Å². The molecule has 3 fully saturated rings. The number of fused-ring (bicyclic) bond motifs is 3. The number of ether oxygens (including phenoxy) is 4. The third-order valence-corrected chi connectivity index (χ3v) is 13.0. The summed E-state index contributed by atoms with van der Waals surface area (Å²) in [6, 6.07) is -1.16. The molecule has 1 saturated carbocycles. The molecule has 522 valence electrons. The number of rotatable bonds is 7. The van der Waals surface area contributed by atoms with Crippen molar-refractivity contribution in [2.45, 2.75) is 332 Å². The molecule has 82 heavy (non-hydrogen) atoms. The summed E-state index contributed by atoms with van der Waals surface area (Å²) in [6.07, 6.45) is 5.00. The van der Waals surface area contributed by atoms with Crippen LogP contribution in [0.2, 0.25) is 0 Å². The Labute approximate surface area is 521 Å². The smallest absolute Gasteiger partial charge is 0.329 e. The third-order valence-electron chi connectivity index (χ3n) is 13.0. The quantitative estimate of drug-likeness (QED) is 0.106. The fraction of sp³-hybridized carbons (Fsp3) is 0.853. The van der Waals surface area contributed by atoms with Gasteiger partial charge in [-0.3, -0.25) is 14.4 Å². The lowest BCUT2D eigenvalue weighted by atomic mass is 9.78. The van der Waals surface area contributed by atoms with Crippen molar-refractivity contribution in [1.29, 1.82) is 0 Å². The normalized spacial score (nSPS) is 28.5. The van der Waals surface area contributed by atoms with Crippen LogP contribution in [-0.4, -0.2) is 130 Å². The molecule has 0 radical (unpaired) electrons. The Morgan fingerprint density at radius 2 is 1.18 bits per heavy atom. The molecule has 0 aromatic rings. The minimum atomic E-state index is -2.52. The van der Waals surface area contributed by atoms with Crippen molar-refractivity contribution in [2.24, 2.45) is 35.5 Å². The van der Waals surface area contributed by atoms with Gasteiger partial charge in [0.15, 0.2) is 0 Å². The first-order valence-electron chi connectivity index (χ1n) is 21.0. The van der Waals surface area contributed by atoms with Crippen LogP contribution >= 0.6 is 0 Å². The molecule has 4 aliphatic rings. The molecule has 3 heterocycles. The number of allylic oxidation sites excluding steroid dienone is 4. The molecule has 14 nitrogen and oxygen atoms in total. The summed E-state index contributed by atoms with van der Waals surface area (Å²) >= 11 is 0. The van der Waals surface area contributed by atoms with Crippen LogP contribution in [0.25, 0.3) is 0 Å². The fourth-order valence-corrected chi connectivity index (χ4v) is 9.51. The minimum absolute atomic E-state index is 0. The summed E-state index contributed by atoms with van der Waals surface area (Å²) in [5, 5.41) is 44.0. The van der Waals surface area contributed by atoms with Crippen molar-refractivity contribution < 1.29 is 64.0 Å². The van der Waals surface area contributed by atoms with Gasteiger partial charge in [0.1, 0.15) is 24.0 Å². The van der Waals surface area contributed by atoms with Gasteiger partial charge in [-0.05, 0) is 95.5 Å². The summed E-state index contributed by atoms with van der Waals surface area (Å²) in [4.78, 5) is 57.8. The lowest BCUT2D eigenvalue weighted by Crippen LogP contribution is -2.64. The number of amides is 1. The molecule has 2 saturated heterocycles. The number of aliphatic hydroxyl groups excluding tert-OH is 3. The van der Waals surface area contributed by atoms with Gasteiger partial charge in [0.25, 0.3) is 11.7 Å². The van der Waals surface area contributed by atoms with Gasteiger partial charge >= 0.3 is 5.97 Å². The Morgan fingerprint density at radius 1 is 0.707 bits per heavy atom. The zero-order valence-electron chi connectivity index (χ0n) is 35.6. The Bertz CT molecular complexity index is 1490. The molecule has 0 spiro atoms. The number of nitrogens with zero attached hydrogens (tertiary/aromatic N) is 1. The zero-order valence-corrected chi connectivity index (χ0v) is 35.6. The van der Waals surface area contributed by atoms with E-state index in [1.807, 2.05) is 26.0 Å². The highest BCUT2D eigenvalue weighted by atomic mass is 16.7. The van der Waals surface area contributed by atoms with Gasteiger partial charge in [0.05, 0.1) is 24.4 Å². The maximum atomic E-state index is 14.3. The first-order chi connectivity index (χ1) is 27.0. The first-order valence-corrected chi connectivity index (χ1v) is 21.0. The lowest BCUT2D eigenvalue weighted by Gasteiger charge is -2.47.